The largest absolute Gasteiger partial charge is 0.478 e. The Hall–Kier alpha value is -3.72. The Kier molecular flexibility index (Phi) is 6.41. The number of hydrogen-bond donors (Lipinski definition) is 3. The molecule has 0 bridgehead atoms. The summed E-state index contributed by atoms with van der Waals surface area (Å²) in [6.45, 7) is 3.43. The molecule has 4 rings (SSSR count). The van der Waals surface area contributed by atoms with Crippen molar-refractivity contribution in [3.63, 3.8) is 0 Å². The van der Waals surface area contributed by atoms with Crippen molar-refractivity contribution in [3.05, 3.63) is 70.9 Å². The smallest absolute Gasteiger partial charge is 0.407 e. The van der Waals surface area contributed by atoms with Crippen LogP contribution < -0.4 is 10.6 Å². The number of alkyl carbamates (subject to hydrolysis) is 1. The van der Waals surface area contributed by atoms with Crippen LogP contribution in [0.15, 0.2) is 48.5 Å². The Labute approximate surface area is 194 Å². The van der Waals surface area contributed by atoms with Crippen molar-refractivity contribution in [2.24, 2.45) is 0 Å². The van der Waals surface area contributed by atoms with Gasteiger partial charge in [-0.25, -0.2) is 9.59 Å². The van der Waals surface area contributed by atoms with Gasteiger partial charge in [-0.1, -0.05) is 55.5 Å². The Morgan fingerprint density at radius 1 is 1.09 bits per heavy atom. The van der Waals surface area contributed by atoms with Crippen molar-refractivity contribution >= 4 is 34.5 Å². The normalized spacial score (nSPS) is 13.0. The number of aryl methyl sites for hydroxylation is 1. The monoisotopic (exact) mass is 465 g/mol. The number of nitrogens with one attached hydrogen (secondary N) is 2. The minimum absolute atomic E-state index is 0.0515. The van der Waals surface area contributed by atoms with Crippen LogP contribution in [0.2, 0.25) is 0 Å². The first kappa shape index (κ1) is 22.5. The molecule has 0 saturated carbocycles. The number of rotatable bonds is 7. The van der Waals surface area contributed by atoms with Gasteiger partial charge in [-0.2, -0.15) is 4.37 Å². The Bertz CT molecular complexity index is 1180. The maximum atomic E-state index is 12.7. The van der Waals surface area contributed by atoms with Gasteiger partial charge in [0.05, 0.1) is 5.69 Å². The van der Waals surface area contributed by atoms with Gasteiger partial charge < -0.3 is 20.5 Å². The fraction of sp³-hybridized carbons (Fsp3) is 0.250. The fourth-order valence-electron chi connectivity index (χ4n) is 4.04. The molecular weight excluding hydrogens is 442 g/mol. The first-order chi connectivity index (χ1) is 15.9. The lowest BCUT2D eigenvalue weighted by Crippen LogP contribution is -2.43. The molecule has 1 atom stereocenters. The molecule has 0 radical (unpaired) electrons. The molecule has 1 aromatic heterocycles. The standard InChI is InChI=1S/C24H23N3O5S/c1-3-19(21(28)26-22-20(23(29)30)13(2)27-33-22)25-24(31)32-12-18-16-10-6-4-8-14(16)15-9-5-7-11-17(15)18/h4-11,18-19H,3,12H2,1-2H3,(H,25,31)(H,26,28)(H,29,30)/t19-/m0/s1. The average Bonchev–Trinajstić information content (AvgIpc) is 3.33. The van der Waals surface area contributed by atoms with Crippen LogP contribution in [0.4, 0.5) is 9.80 Å². The second-order valence-electron chi connectivity index (χ2n) is 7.70. The van der Waals surface area contributed by atoms with Crippen molar-refractivity contribution in [2.75, 3.05) is 11.9 Å². The van der Waals surface area contributed by atoms with E-state index in [0.717, 1.165) is 33.8 Å². The number of carboxylic acids is 1. The highest BCUT2D eigenvalue weighted by Crippen LogP contribution is 2.44. The summed E-state index contributed by atoms with van der Waals surface area (Å²) in [5.74, 6) is -1.79. The second-order valence-corrected chi connectivity index (χ2v) is 8.47. The first-order valence-electron chi connectivity index (χ1n) is 10.5. The van der Waals surface area contributed by atoms with E-state index in [9.17, 15) is 19.5 Å². The van der Waals surface area contributed by atoms with E-state index in [-0.39, 0.29) is 23.1 Å². The van der Waals surface area contributed by atoms with Crippen molar-refractivity contribution in [1.29, 1.82) is 0 Å². The van der Waals surface area contributed by atoms with E-state index in [0.29, 0.717) is 12.1 Å². The molecule has 0 saturated heterocycles. The number of aromatic nitrogens is 1. The maximum Gasteiger partial charge on any atom is 0.407 e. The number of hydrogen-bond acceptors (Lipinski definition) is 6. The third-order valence-electron chi connectivity index (χ3n) is 5.67. The topological polar surface area (TPSA) is 118 Å². The molecule has 33 heavy (non-hydrogen) atoms. The third-order valence-corrected chi connectivity index (χ3v) is 6.53. The predicted octanol–water partition coefficient (Wildman–Crippen LogP) is 4.41. The molecule has 170 valence electrons. The first-order valence-corrected chi connectivity index (χ1v) is 11.3. The van der Waals surface area contributed by atoms with Gasteiger partial charge in [0.25, 0.3) is 0 Å². The van der Waals surface area contributed by atoms with E-state index in [1.165, 1.54) is 0 Å². The molecule has 0 fully saturated rings. The molecular formula is C24H23N3O5S. The number of carbonyl (C=O) groups is 3. The summed E-state index contributed by atoms with van der Waals surface area (Å²) in [5, 5.41) is 14.6. The van der Waals surface area contributed by atoms with E-state index >= 15 is 0 Å². The van der Waals surface area contributed by atoms with Crippen LogP contribution in [0.5, 0.6) is 0 Å². The van der Waals surface area contributed by atoms with E-state index in [1.54, 1.807) is 13.8 Å². The van der Waals surface area contributed by atoms with E-state index < -0.39 is 24.0 Å². The maximum absolute atomic E-state index is 12.7. The van der Waals surface area contributed by atoms with Crippen LogP contribution in [0.1, 0.15) is 46.4 Å². The lowest BCUT2D eigenvalue weighted by Gasteiger charge is -2.18. The summed E-state index contributed by atoms with van der Waals surface area (Å²) in [4.78, 5) is 36.6. The van der Waals surface area contributed by atoms with Crippen LogP contribution in [-0.4, -0.2) is 40.1 Å². The van der Waals surface area contributed by atoms with Crippen LogP contribution in [0.25, 0.3) is 11.1 Å². The number of aromatic carboxylic acids is 1. The highest BCUT2D eigenvalue weighted by atomic mass is 32.1. The minimum Gasteiger partial charge on any atom is -0.478 e. The summed E-state index contributed by atoms with van der Waals surface area (Å²) in [5.41, 5.74) is 4.71. The van der Waals surface area contributed by atoms with Gasteiger partial charge >= 0.3 is 12.1 Å². The number of benzene rings is 2. The number of amides is 2. The Morgan fingerprint density at radius 2 is 1.70 bits per heavy atom. The summed E-state index contributed by atoms with van der Waals surface area (Å²) in [6, 6.07) is 15.2. The van der Waals surface area contributed by atoms with Crippen LogP contribution in [0.3, 0.4) is 0 Å². The van der Waals surface area contributed by atoms with Crippen molar-refractivity contribution in [3.8, 4) is 11.1 Å². The number of ether oxygens (including phenoxy) is 1. The zero-order valence-electron chi connectivity index (χ0n) is 18.1. The number of carbonyl (C=O) groups excluding carboxylic acids is 2. The summed E-state index contributed by atoms with van der Waals surface area (Å²) in [6.07, 6.45) is -0.409. The number of fused-ring (bicyclic) bond motifs is 3. The van der Waals surface area contributed by atoms with Crippen LogP contribution in [-0.2, 0) is 9.53 Å². The van der Waals surface area contributed by atoms with Gasteiger partial charge in [0.15, 0.2) is 0 Å². The highest BCUT2D eigenvalue weighted by Gasteiger charge is 2.30. The Balaban J connectivity index is 1.40. The molecule has 0 unspecified atom stereocenters. The zero-order valence-corrected chi connectivity index (χ0v) is 18.9. The summed E-state index contributed by atoms with van der Waals surface area (Å²) >= 11 is 0.887. The summed E-state index contributed by atoms with van der Waals surface area (Å²) < 4.78 is 9.49. The number of anilines is 1. The highest BCUT2D eigenvalue weighted by molar-refractivity contribution is 7.11. The van der Waals surface area contributed by atoms with Gasteiger partial charge in [0, 0.05) is 5.92 Å². The summed E-state index contributed by atoms with van der Waals surface area (Å²) in [7, 11) is 0. The molecule has 1 heterocycles. The molecule has 2 amide bonds. The van der Waals surface area contributed by atoms with Crippen molar-refractivity contribution in [1.82, 2.24) is 9.69 Å². The molecule has 3 aromatic rings. The molecule has 1 aliphatic carbocycles. The lowest BCUT2D eigenvalue weighted by molar-refractivity contribution is -0.118. The fourth-order valence-corrected chi connectivity index (χ4v) is 4.83. The van der Waals surface area contributed by atoms with Crippen molar-refractivity contribution < 1.29 is 24.2 Å². The average molecular weight is 466 g/mol. The predicted molar refractivity (Wildman–Crippen MR) is 125 cm³/mol. The van der Waals surface area contributed by atoms with Gasteiger partial charge in [-0.15, -0.1) is 0 Å². The van der Waals surface area contributed by atoms with Crippen LogP contribution >= 0.6 is 11.5 Å². The van der Waals surface area contributed by atoms with E-state index in [4.69, 9.17) is 4.74 Å². The molecule has 9 heteroatoms. The van der Waals surface area contributed by atoms with Gasteiger partial charge in [-0.3, -0.25) is 4.79 Å². The zero-order chi connectivity index (χ0) is 23.5. The number of nitrogens with zero attached hydrogens (tertiary/aromatic N) is 1. The van der Waals surface area contributed by atoms with E-state index in [2.05, 4.69) is 27.1 Å². The van der Waals surface area contributed by atoms with Gasteiger partial charge in [-0.05, 0) is 47.1 Å². The molecule has 8 nitrogen and oxygen atoms in total. The van der Waals surface area contributed by atoms with Crippen molar-refractivity contribution in [2.45, 2.75) is 32.2 Å². The molecule has 0 spiro atoms. The molecule has 0 aliphatic heterocycles. The number of carboxylic acid groups (broad SMARTS) is 1. The van der Waals surface area contributed by atoms with Gasteiger partial charge in [0.2, 0.25) is 5.91 Å². The van der Waals surface area contributed by atoms with Gasteiger partial charge in [0.1, 0.15) is 23.2 Å². The Morgan fingerprint density at radius 3 is 2.27 bits per heavy atom. The molecule has 2 aromatic carbocycles. The third kappa shape index (κ3) is 4.45. The quantitative estimate of drug-likeness (QED) is 0.476. The van der Waals surface area contributed by atoms with Crippen LogP contribution in [0, 0.1) is 6.92 Å². The molecule has 1 aliphatic rings. The van der Waals surface area contributed by atoms with E-state index in [1.807, 2.05) is 36.4 Å². The second kappa shape index (κ2) is 9.41. The minimum atomic E-state index is -1.17. The lowest BCUT2D eigenvalue weighted by atomic mass is 9.98. The molecule has 3 N–H and O–H groups in total. The SMILES string of the molecule is CC[C@H](NC(=O)OCC1c2ccccc2-c2ccccc21)C(=O)Nc1snc(C)c1C(=O)O.